The first-order valence-electron chi connectivity index (χ1n) is 8.17. The number of likely N-dealkylation sites (N-methyl/N-ethyl adjacent to an activating group) is 1. The predicted octanol–water partition coefficient (Wildman–Crippen LogP) is 1.37. The van der Waals surface area contributed by atoms with Crippen molar-refractivity contribution in [2.75, 3.05) is 46.0 Å². The largest absolute Gasteiger partial charge is 0.314 e. The molecule has 1 aliphatic carbocycles. The van der Waals surface area contributed by atoms with Gasteiger partial charge in [0.15, 0.2) is 0 Å². The van der Waals surface area contributed by atoms with E-state index >= 15 is 0 Å². The molecule has 0 bridgehead atoms. The first kappa shape index (κ1) is 18.9. The fourth-order valence-electron chi connectivity index (χ4n) is 2.19. The van der Waals surface area contributed by atoms with E-state index in [1.807, 2.05) is 19.0 Å². The van der Waals surface area contributed by atoms with Gasteiger partial charge in [0.25, 0.3) is 0 Å². The molecule has 5 nitrogen and oxygen atoms in total. The zero-order chi connectivity index (χ0) is 15.9. The Balaban J connectivity index is 2.35. The van der Waals surface area contributed by atoms with Crippen LogP contribution in [0.15, 0.2) is 0 Å². The third kappa shape index (κ3) is 8.76. The highest BCUT2D eigenvalue weighted by Gasteiger charge is 2.23. The summed E-state index contributed by atoms with van der Waals surface area (Å²) < 4.78 is 26.6. The quantitative estimate of drug-likeness (QED) is 0.552. The second-order valence-electron chi connectivity index (χ2n) is 6.81. The molecule has 0 aromatic rings. The van der Waals surface area contributed by atoms with Crippen molar-refractivity contribution in [1.29, 1.82) is 0 Å². The molecule has 1 rings (SSSR count). The Kier molecular flexibility index (Phi) is 8.16. The molecule has 126 valence electrons. The van der Waals surface area contributed by atoms with E-state index in [2.05, 4.69) is 19.2 Å². The average Bonchev–Trinajstić information content (AvgIpc) is 3.17. The van der Waals surface area contributed by atoms with Gasteiger partial charge in [0.2, 0.25) is 10.0 Å². The number of hydrogen-bond acceptors (Lipinski definition) is 4. The Hall–Kier alpha value is -0.170. The van der Waals surface area contributed by atoms with Gasteiger partial charge >= 0.3 is 0 Å². The zero-order valence-electron chi connectivity index (χ0n) is 14.1. The molecule has 1 saturated carbocycles. The van der Waals surface area contributed by atoms with Crippen molar-refractivity contribution < 1.29 is 8.42 Å². The zero-order valence-corrected chi connectivity index (χ0v) is 15.0. The summed E-state index contributed by atoms with van der Waals surface area (Å²) in [5, 5.41) is 3.43. The second kappa shape index (κ2) is 9.08. The van der Waals surface area contributed by atoms with E-state index < -0.39 is 10.0 Å². The number of unbranched alkanes of at least 4 members (excludes halogenated alkanes) is 1. The average molecular weight is 320 g/mol. The molecule has 6 heteroatoms. The first-order chi connectivity index (χ1) is 9.81. The molecule has 0 saturated heterocycles. The second-order valence-corrected chi connectivity index (χ2v) is 8.90. The van der Waals surface area contributed by atoms with Crippen LogP contribution in [0.1, 0.15) is 39.5 Å². The summed E-state index contributed by atoms with van der Waals surface area (Å²) in [7, 11) is 0.833. The van der Waals surface area contributed by atoms with Crippen LogP contribution >= 0.6 is 0 Å². The minimum atomic E-state index is -3.12. The van der Waals surface area contributed by atoms with Gasteiger partial charge in [0, 0.05) is 25.7 Å². The summed E-state index contributed by atoms with van der Waals surface area (Å²) in [6, 6.07) is 0.708. The fourth-order valence-corrected chi connectivity index (χ4v) is 3.91. The van der Waals surface area contributed by atoms with Crippen LogP contribution in [0.5, 0.6) is 0 Å². The van der Waals surface area contributed by atoms with E-state index in [1.54, 1.807) is 4.31 Å². The van der Waals surface area contributed by atoms with E-state index in [9.17, 15) is 8.42 Å². The van der Waals surface area contributed by atoms with Crippen LogP contribution in [0.3, 0.4) is 0 Å². The highest BCUT2D eigenvalue weighted by Crippen LogP contribution is 2.18. The molecular formula is C15H33N3O2S. The molecule has 0 atom stereocenters. The fraction of sp³-hybridized carbons (Fsp3) is 1.00. The molecule has 0 unspecified atom stereocenters. The van der Waals surface area contributed by atoms with Gasteiger partial charge in [-0.2, -0.15) is 0 Å². The third-order valence-corrected chi connectivity index (χ3v) is 5.52. The lowest BCUT2D eigenvalue weighted by atomic mass is 10.2. The molecule has 1 fully saturated rings. The molecular weight excluding hydrogens is 286 g/mol. The maximum atomic E-state index is 12.5. The number of nitrogens with one attached hydrogen (secondary N) is 1. The van der Waals surface area contributed by atoms with Gasteiger partial charge in [-0.05, 0) is 52.2 Å². The topological polar surface area (TPSA) is 52.7 Å². The van der Waals surface area contributed by atoms with E-state index in [0.29, 0.717) is 25.0 Å². The molecule has 0 spiro atoms. The molecule has 1 aliphatic rings. The molecule has 1 N–H and O–H groups in total. The summed E-state index contributed by atoms with van der Waals surface area (Å²) in [5.41, 5.74) is 0. The minimum absolute atomic E-state index is 0.277. The molecule has 0 aromatic carbocycles. The van der Waals surface area contributed by atoms with Crippen molar-refractivity contribution in [3.05, 3.63) is 0 Å². The Morgan fingerprint density at radius 2 is 1.81 bits per heavy atom. The normalized spacial score (nSPS) is 16.3. The number of hydrogen-bond donors (Lipinski definition) is 1. The van der Waals surface area contributed by atoms with Crippen LogP contribution in [0.4, 0.5) is 0 Å². The van der Waals surface area contributed by atoms with Gasteiger partial charge in [0.05, 0.1) is 5.75 Å². The van der Waals surface area contributed by atoms with Gasteiger partial charge in [0.1, 0.15) is 0 Å². The van der Waals surface area contributed by atoms with Crippen LogP contribution in [-0.4, -0.2) is 69.7 Å². The van der Waals surface area contributed by atoms with Gasteiger partial charge in [-0.3, -0.25) is 0 Å². The first-order valence-corrected chi connectivity index (χ1v) is 9.78. The standard InChI is InChI=1S/C15H33N3O2S/c1-14(2)13-18(11-10-17(3)4)21(19,20)12-6-5-9-16-15-7-8-15/h14-16H,5-13H2,1-4H3. The Morgan fingerprint density at radius 3 is 2.33 bits per heavy atom. The van der Waals surface area contributed by atoms with Crippen molar-refractivity contribution in [2.24, 2.45) is 5.92 Å². The summed E-state index contributed by atoms with van der Waals surface area (Å²) in [5.74, 6) is 0.637. The summed E-state index contributed by atoms with van der Waals surface area (Å²) in [6.45, 7) is 7.07. The number of rotatable bonds is 12. The Morgan fingerprint density at radius 1 is 1.14 bits per heavy atom. The van der Waals surface area contributed by atoms with Crippen molar-refractivity contribution >= 4 is 10.0 Å². The van der Waals surface area contributed by atoms with E-state index in [4.69, 9.17) is 0 Å². The number of nitrogens with zero attached hydrogens (tertiary/aromatic N) is 2. The van der Waals surface area contributed by atoms with E-state index in [0.717, 1.165) is 25.9 Å². The smallest absolute Gasteiger partial charge is 0.214 e. The Bertz CT molecular complexity index is 378. The van der Waals surface area contributed by atoms with Crippen LogP contribution in [0.25, 0.3) is 0 Å². The lowest BCUT2D eigenvalue weighted by Gasteiger charge is -2.25. The third-order valence-electron chi connectivity index (χ3n) is 3.60. The molecule has 0 amide bonds. The van der Waals surface area contributed by atoms with E-state index in [-0.39, 0.29) is 5.75 Å². The van der Waals surface area contributed by atoms with Crippen molar-refractivity contribution in [1.82, 2.24) is 14.5 Å². The summed E-state index contributed by atoms with van der Waals surface area (Å²) in [6.07, 6.45) is 4.26. The monoisotopic (exact) mass is 319 g/mol. The molecule has 21 heavy (non-hydrogen) atoms. The van der Waals surface area contributed by atoms with Crippen LogP contribution < -0.4 is 5.32 Å². The SMILES string of the molecule is CC(C)CN(CCN(C)C)S(=O)(=O)CCCCNC1CC1. The number of sulfonamides is 1. The van der Waals surface area contributed by atoms with Gasteiger partial charge < -0.3 is 10.2 Å². The van der Waals surface area contributed by atoms with Crippen LogP contribution in [-0.2, 0) is 10.0 Å². The van der Waals surface area contributed by atoms with Gasteiger partial charge in [-0.15, -0.1) is 0 Å². The minimum Gasteiger partial charge on any atom is -0.314 e. The molecule has 0 radical (unpaired) electrons. The molecule has 0 heterocycles. The van der Waals surface area contributed by atoms with Crippen LogP contribution in [0, 0.1) is 5.92 Å². The van der Waals surface area contributed by atoms with E-state index in [1.165, 1.54) is 12.8 Å². The van der Waals surface area contributed by atoms with Crippen molar-refractivity contribution in [3.63, 3.8) is 0 Å². The lowest BCUT2D eigenvalue weighted by Crippen LogP contribution is -2.40. The van der Waals surface area contributed by atoms with Gasteiger partial charge in [-0.1, -0.05) is 13.8 Å². The highest BCUT2D eigenvalue weighted by atomic mass is 32.2. The lowest BCUT2D eigenvalue weighted by molar-refractivity contribution is 0.312. The molecule has 0 aliphatic heterocycles. The maximum absolute atomic E-state index is 12.5. The summed E-state index contributed by atoms with van der Waals surface area (Å²) in [4.78, 5) is 2.03. The predicted molar refractivity (Wildman–Crippen MR) is 89.0 cm³/mol. The van der Waals surface area contributed by atoms with Crippen LogP contribution in [0.2, 0.25) is 0 Å². The molecule has 0 aromatic heterocycles. The summed E-state index contributed by atoms with van der Waals surface area (Å²) >= 11 is 0. The van der Waals surface area contributed by atoms with Gasteiger partial charge in [-0.25, -0.2) is 12.7 Å². The van der Waals surface area contributed by atoms with Crippen molar-refractivity contribution in [3.8, 4) is 0 Å². The maximum Gasteiger partial charge on any atom is 0.214 e. The highest BCUT2D eigenvalue weighted by molar-refractivity contribution is 7.89. The van der Waals surface area contributed by atoms with Crippen molar-refractivity contribution in [2.45, 2.75) is 45.6 Å². The Labute approximate surface area is 131 Å².